The van der Waals surface area contributed by atoms with Crippen LogP contribution in [0.3, 0.4) is 0 Å². The molecule has 4 rings (SSSR count). The lowest BCUT2D eigenvalue weighted by Crippen LogP contribution is -2.43. The van der Waals surface area contributed by atoms with Crippen LogP contribution in [0, 0.1) is 11.8 Å². The first kappa shape index (κ1) is 24.7. The minimum atomic E-state index is -3.08. The van der Waals surface area contributed by atoms with Gasteiger partial charge in [-0.25, -0.2) is 14.4 Å². The molecule has 1 heterocycles. The predicted molar refractivity (Wildman–Crippen MR) is 141 cm³/mol. The van der Waals surface area contributed by atoms with E-state index in [1.165, 1.54) is 12.8 Å². The average molecular weight is 528 g/mol. The van der Waals surface area contributed by atoms with Crippen molar-refractivity contribution in [2.24, 2.45) is 0 Å². The fraction of sp³-hybridized carbons (Fsp3) is 0.481. The second-order valence-corrected chi connectivity index (χ2v) is 12.8. The van der Waals surface area contributed by atoms with Crippen LogP contribution in [0.1, 0.15) is 70.5 Å². The van der Waals surface area contributed by atoms with Crippen LogP contribution in [0.5, 0.6) is 0 Å². The molecule has 6 heteroatoms. The van der Waals surface area contributed by atoms with Gasteiger partial charge < -0.3 is 0 Å². The molecule has 1 aliphatic carbocycles. The summed E-state index contributed by atoms with van der Waals surface area (Å²) in [6, 6.07) is 18.8. The summed E-state index contributed by atoms with van der Waals surface area (Å²) in [4.78, 5) is 0. The van der Waals surface area contributed by atoms with Gasteiger partial charge in [-0.3, -0.25) is 4.57 Å². The van der Waals surface area contributed by atoms with Crippen LogP contribution in [0.25, 0.3) is 0 Å². The molecule has 1 aliphatic heterocycles. The number of nitrogens with zero attached hydrogens (tertiary/aromatic N) is 2. The van der Waals surface area contributed by atoms with Crippen molar-refractivity contribution < 1.29 is 4.57 Å². The Morgan fingerprint density at radius 2 is 1.45 bits per heavy atom. The van der Waals surface area contributed by atoms with Crippen LogP contribution in [-0.2, 0) is 4.57 Å². The molecular weight excluding hydrogens is 493 g/mol. The standard InChI is InChI=1S/C27H35BrN3OP/c1-20(2)30-26-16-10-11-17-27(26)31(21(3)4)33(30,32)29-25(23-14-8-9-15-24(23)28)19-18-22-12-6-5-7-13-22/h5-9,12-15,20-21,25-27H,10-11,16-17H2,1-4H3,(H,29,32)/t25-,26-,27-/m1/s1. The highest BCUT2D eigenvalue weighted by Gasteiger charge is 2.57. The van der Waals surface area contributed by atoms with Crippen molar-refractivity contribution in [2.45, 2.75) is 83.6 Å². The summed E-state index contributed by atoms with van der Waals surface area (Å²) in [6.07, 6.45) is 4.62. The molecule has 3 atom stereocenters. The molecule has 2 aromatic carbocycles. The maximum Gasteiger partial charge on any atom is 0.286 e. The SMILES string of the molecule is CC(C)N1[C@@H]2CCCC[C@H]2N(C(C)C)P1(=O)N[C@H](C#Cc1ccccc1)c1ccccc1Br. The quantitative estimate of drug-likeness (QED) is 0.335. The first-order valence-corrected chi connectivity index (χ1v) is 14.5. The summed E-state index contributed by atoms with van der Waals surface area (Å²) >= 11 is 3.71. The highest BCUT2D eigenvalue weighted by Crippen LogP contribution is 2.63. The summed E-state index contributed by atoms with van der Waals surface area (Å²) in [5, 5.41) is 3.64. The van der Waals surface area contributed by atoms with Gasteiger partial charge in [0.25, 0.3) is 7.59 Å². The number of nitrogens with one attached hydrogen (secondary N) is 1. The number of hydrogen-bond acceptors (Lipinski definition) is 1. The van der Waals surface area contributed by atoms with E-state index in [1.54, 1.807) is 0 Å². The van der Waals surface area contributed by atoms with E-state index in [1.807, 2.05) is 48.5 Å². The van der Waals surface area contributed by atoms with Crippen molar-refractivity contribution in [3.8, 4) is 11.8 Å². The van der Waals surface area contributed by atoms with Gasteiger partial charge in [-0.15, -0.1) is 0 Å². The van der Waals surface area contributed by atoms with Crippen molar-refractivity contribution in [3.63, 3.8) is 0 Å². The number of halogens is 1. The predicted octanol–water partition coefficient (Wildman–Crippen LogP) is 6.99. The second-order valence-electron chi connectivity index (χ2n) is 9.63. The molecule has 0 bridgehead atoms. The summed E-state index contributed by atoms with van der Waals surface area (Å²) in [7, 11) is -3.08. The van der Waals surface area contributed by atoms with Gasteiger partial charge in [0.05, 0.1) is 0 Å². The van der Waals surface area contributed by atoms with Crippen LogP contribution in [0.2, 0.25) is 0 Å². The van der Waals surface area contributed by atoms with Crippen LogP contribution in [0.15, 0.2) is 59.1 Å². The summed E-state index contributed by atoms with van der Waals surface area (Å²) in [6.45, 7) is 8.69. The van der Waals surface area contributed by atoms with Crippen LogP contribution in [0.4, 0.5) is 0 Å². The molecule has 2 aliphatic rings. The molecule has 0 unspecified atom stereocenters. The third-order valence-electron chi connectivity index (χ3n) is 6.71. The Labute approximate surface area is 207 Å². The molecule has 1 N–H and O–H groups in total. The molecule has 2 fully saturated rings. The van der Waals surface area contributed by atoms with Crippen molar-refractivity contribution in [1.82, 2.24) is 14.4 Å². The topological polar surface area (TPSA) is 35.6 Å². The largest absolute Gasteiger partial charge is 0.286 e. The van der Waals surface area contributed by atoms with E-state index in [2.05, 4.69) is 76.0 Å². The first-order valence-electron chi connectivity index (χ1n) is 12.1. The first-order chi connectivity index (χ1) is 15.8. The van der Waals surface area contributed by atoms with E-state index in [-0.39, 0.29) is 18.1 Å². The Hall–Kier alpha value is -1.41. The Balaban J connectivity index is 1.79. The van der Waals surface area contributed by atoms with Gasteiger partial charge in [0.1, 0.15) is 6.04 Å². The minimum Gasteiger partial charge on any atom is -0.270 e. The molecule has 0 radical (unpaired) electrons. The third kappa shape index (κ3) is 5.02. The van der Waals surface area contributed by atoms with Gasteiger partial charge in [0.2, 0.25) is 0 Å². The van der Waals surface area contributed by atoms with E-state index in [4.69, 9.17) is 0 Å². The highest BCUT2D eigenvalue weighted by molar-refractivity contribution is 9.10. The van der Waals surface area contributed by atoms with E-state index < -0.39 is 7.59 Å². The lowest BCUT2D eigenvalue weighted by Gasteiger charge is -2.37. The molecule has 1 saturated carbocycles. The number of rotatable bonds is 5. The Kier molecular flexibility index (Phi) is 7.83. The molecular formula is C27H35BrN3OP. The summed E-state index contributed by atoms with van der Waals surface area (Å²) in [5.41, 5.74) is 1.97. The molecule has 33 heavy (non-hydrogen) atoms. The molecule has 4 nitrogen and oxygen atoms in total. The number of benzene rings is 2. The van der Waals surface area contributed by atoms with Crippen LogP contribution < -0.4 is 5.09 Å². The second kappa shape index (κ2) is 10.5. The monoisotopic (exact) mass is 527 g/mol. The Morgan fingerprint density at radius 3 is 2.00 bits per heavy atom. The molecule has 2 aromatic rings. The minimum absolute atomic E-state index is 0.180. The zero-order valence-electron chi connectivity index (χ0n) is 20.0. The van der Waals surface area contributed by atoms with Gasteiger partial charge in [0, 0.05) is 34.2 Å². The van der Waals surface area contributed by atoms with Crippen molar-refractivity contribution in [3.05, 3.63) is 70.2 Å². The van der Waals surface area contributed by atoms with Crippen molar-refractivity contribution in [1.29, 1.82) is 0 Å². The maximum absolute atomic E-state index is 15.1. The van der Waals surface area contributed by atoms with E-state index >= 15 is 4.57 Å². The third-order valence-corrected chi connectivity index (χ3v) is 10.8. The van der Waals surface area contributed by atoms with Gasteiger partial charge >= 0.3 is 0 Å². The number of fused-ring (bicyclic) bond motifs is 1. The lowest BCUT2D eigenvalue weighted by molar-refractivity contribution is 0.173. The van der Waals surface area contributed by atoms with Gasteiger partial charge in [-0.2, -0.15) is 0 Å². The molecule has 1 saturated heterocycles. The van der Waals surface area contributed by atoms with E-state index in [9.17, 15) is 0 Å². The Morgan fingerprint density at radius 1 is 0.909 bits per heavy atom. The van der Waals surface area contributed by atoms with Crippen molar-refractivity contribution in [2.75, 3.05) is 0 Å². The van der Waals surface area contributed by atoms with E-state index in [0.717, 1.165) is 28.4 Å². The normalized spacial score (nSPS) is 23.8. The molecule has 176 valence electrons. The van der Waals surface area contributed by atoms with Crippen molar-refractivity contribution >= 4 is 23.5 Å². The van der Waals surface area contributed by atoms with E-state index in [0.29, 0.717) is 12.1 Å². The average Bonchev–Trinajstić information content (AvgIpc) is 3.06. The zero-order valence-corrected chi connectivity index (χ0v) is 22.5. The summed E-state index contributed by atoms with van der Waals surface area (Å²) < 4.78 is 20.7. The molecule has 0 aromatic heterocycles. The van der Waals surface area contributed by atoms with Gasteiger partial charge in [0.15, 0.2) is 0 Å². The van der Waals surface area contributed by atoms with Crippen LogP contribution >= 0.6 is 23.5 Å². The smallest absolute Gasteiger partial charge is 0.270 e. The fourth-order valence-corrected chi connectivity index (χ4v) is 9.64. The fourth-order valence-electron chi connectivity index (χ4n) is 5.49. The Bertz CT molecular complexity index is 1030. The van der Waals surface area contributed by atoms with Gasteiger partial charge in [-0.05, 0) is 64.3 Å². The highest BCUT2D eigenvalue weighted by atomic mass is 79.9. The molecule has 0 amide bonds. The van der Waals surface area contributed by atoms with Crippen LogP contribution in [-0.4, -0.2) is 33.5 Å². The number of hydrogen-bond donors (Lipinski definition) is 1. The van der Waals surface area contributed by atoms with Gasteiger partial charge in [-0.1, -0.05) is 77.0 Å². The molecule has 0 spiro atoms. The lowest BCUT2D eigenvalue weighted by atomic mass is 9.89. The maximum atomic E-state index is 15.1. The zero-order chi connectivity index (χ0) is 23.6. The summed E-state index contributed by atoms with van der Waals surface area (Å²) in [5.74, 6) is 6.75.